The van der Waals surface area contributed by atoms with E-state index in [4.69, 9.17) is 15.4 Å². The average Bonchev–Trinajstić information content (AvgIpc) is 2.86. The summed E-state index contributed by atoms with van der Waals surface area (Å²) in [5, 5.41) is 9.24. The summed E-state index contributed by atoms with van der Waals surface area (Å²) in [6, 6.07) is 6.76. The summed E-state index contributed by atoms with van der Waals surface area (Å²) in [6.07, 6.45) is -1.21. The molecule has 1 aliphatic heterocycles. The monoisotopic (exact) mass is 349 g/mol. The fraction of sp³-hybridized carbons (Fsp3) is 0.200. The van der Waals surface area contributed by atoms with Gasteiger partial charge in [-0.25, -0.2) is 15.1 Å². The molecule has 0 bridgehead atoms. The Morgan fingerprint density at radius 3 is 2.48 bits per heavy atom. The van der Waals surface area contributed by atoms with Gasteiger partial charge < -0.3 is 15.0 Å². The van der Waals surface area contributed by atoms with E-state index in [0.29, 0.717) is 16.3 Å². The van der Waals surface area contributed by atoms with Crippen LogP contribution < -0.4 is 16.8 Å². The second kappa shape index (κ2) is 7.45. The molecular weight excluding hydrogens is 334 g/mol. The van der Waals surface area contributed by atoms with E-state index in [2.05, 4.69) is 4.84 Å². The van der Waals surface area contributed by atoms with Crippen LogP contribution in [0, 0.1) is 6.92 Å². The summed E-state index contributed by atoms with van der Waals surface area (Å²) < 4.78 is 4.99. The molecule has 1 aliphatic rings. The van der Waals surface area contributed by atoms with Crippen molar-refractivity contribution in [3.05, 3.63) is 40.2 Å². The van der Waals surface area contributed by atoms with Crippen LogP contribution in [-0.2, 0) is 14.4 Å². The molecule has 1 aromatic carbocycles. The number of amides is 3. The van der Waals surface area contributed by atoms with E-state index < -0.39 is 17.9 Å². The SMILES string of the molecule is Cc1cc(=O)oc2cc(N)ccc12.O=C(NO)ON1C(=O)CCC1=O. The topological polar surface area (TPSA) is 152 Å². The molecule has 2 aromatic rings. The maximum Gasteiger partial charge on any atom is 0.456 e. The largest absolute Gasteiger partial charge is 0.456 e. The first-order valence-electron chi connectivity index (χ1n) is 7.09. The zero-order valence-electron chi connectivity index (χ0n) is 13.1. The molecule has 3 rings (SSSR count). The van der Waals surface area contributed by atoms with E-state index in [-0.39, 0.29) is 18.5 Å². The predicted molar refractivity (Wildman–Crippen MR) is 84.1 cm³/mol. The highest BCUT2D eigenvalue weighted by molar-refractivity contribution is 6.01. The molecule has 0 saturated carbocycles. The number of carbonyl (C=O) groups is 3. The van der Waals surface area contributed by atoms with Gasteiger partial charge in [0, 0.05) is 36.0 Å². The Balaban J connectivity index is 0.000000181. The number of anilines is 1. The number of fused-ring (bicyclic) bond motifs is 1. The normalized spacial score (nSPS) is 13.4. The lowest BCUT2D eigenvalue weighted by Gasteiger charge is -2.10. The Morgan fingerprint density at radius 1 is 1.24 bits per heavy atom. The van der Waals surface area contributed by atoms with Crippen LogP contribution in [0.2, 0.25) is 0 Å². The van der Waals surface area contributed by atoms with Crippen LogP contribution in [0.5, 0.6) is 0 Å². The van der Waals surface area contributed by atoms with E-state index in [1.807, 2.05) is 13.0 Å². The van der Waals surface area contributed by atoms with Crippen LogP contribution >= 0.6 is 0 Å². The van der Waals surface area contributed by atoms with Gasteiger partial charge in [-0.15, -0.1) is 5.06 Å². The molecule has 2 heterocycles. The highest BCUT2D eigenvalue weighted by atomic mass is 16.8. The molecule has 1 aromatic heterocycles. The van der Waals surface area contributed by atoms with Crippen molar-refractivity contribution in [1.82, 2.24) is 10.5 Å². The van der Waals surface area contributed by atoms with E-state index in [1.165, 1.54) is 6.07 Å². The standard InChI is InChI=1S/C10H9NO2.C5H6N2O5/c1-6-4-10(12)13-9-5-7(11)2-3-8(6)9;8-3-1-2-4(9)7(3)12-5(10)6-11/h2-5H,11H2,1H3;11H,1-2H2,(H,6,10). The summed E-state index contributed by atoms with van der Waals surface area (Å²) >= 11 is 0. The number of rotatable bonds is 1. The average molecular weight is 349 g/mol. The Morgan fingerprint density at radius 2 is 1.88 bits per heavy atom. The zero-order valence-corrected chi connectivity index (χ0v) is 13.1. The number of hydrogen-bond acceptors (Lipinski definition) is 8. The lowest BCUT2D eigenvalue weighted by molar-refractivity contribution is -0.173. The Kier molecular flexibility index (Phi) is 5.35. The van der Waals surface area contributed by atoms with Crippen LogP contribution in [0.4, 0.5) is 10.5 Å². The maximum absolute atomic E-state index is 11.0. The molecule has 10 heteroatoms. The van der Waals surface area contributed by atoms with Gasteiger partial charge in [0.1, 0.15) is 5.58 Å². The van der Waals surface area contributed by atoms with E-state index in [0.717, 1.165) is 16.4 Å². The summed E-state index contributed by atoms with van der Waals surface area (Å²) in [5.74, 6) is -1.19. The third-order valence-corrected chi connectivity index (χ3v) is 3.25. The first-order chi connectivity index (χ1) is 11.8. The van der Waals surface area contributed by atoms with Crippen LogP contribution in [-0.4, -0.2) is 28.2 Å². The van der Waals surface area contributed by atoms with Crippen LogP contribution in [0.3, 0.4) is 0 Å². The molecule has 0 radical (unpaired) electrons. The predicted octanol–water partition coefficient (Wildman–Crippen LogP) is 0.849. The van der Waals surface area contributed by atoms with Gasteiger partial charge >= 0.3 is 11.7 Å². The van der Waals surface area contributed by atoms with Gasteiger partial charge in [-0.1, -0.05) is 0 Å². The molecule has 25 heavy (non-hydrogen) atoms. The molecule has 3 amide bonds. The number of nitrogens with zero attached hydrogens (tertiary/aromatic N) is 1. The van der Waals surface area contributed by atoms with Crippen LogP contribution in [0.1, 0.15) is 18.4 Å². The van der Waals surface area contributed by atoms with Gasteiger partial charge in [-0.3, -0.25) is 14.8 Å². The molecule has 1 saturated heterocycles. The lowest BCUT2D eigenvalue weighted by atomic mass is 10.1. The van der Waals surface area contributed by atoms with Crippen molar-refractivity contribution >= 4 is 34.6 Å². The van der Waals surface area contributed by atoms with Crippen molar-refractivity contribution in [2.75, 3.05) is 5.73 Å². The van der Waals surface area contributed by atoms with Crippen molar-refractivity contribution in [2.24, 2.45) is 0 Å². The quantitative estimate of drug-likeness (QED) is 0.225. The van der Waals surface area contributed by atoms with Crippen LogP contribution in [0.25, 0.3) is 11.0 Å². The summed E-state index contributed by atoms with van der Waals surface area (Å²) in [6.45, 7) is 1.87. The minimum absolute atomic E-state index is 0.0253. The van der Waals surface area contributed by atoms with Gasteiger partial charge in [0.05, 0.1) is 0 Å². The number of nitrogens with one attached hydrogen (secondary N) is 1. The third kappa shape index (κ3) is 4.32. The van der Waals surface area contributed by atoms with Crippen molar-refractivity contribution in [3.8, 4) is 0 Å². The Hall–Kier alpha value is -3.40. The second-order valence-electron chi connectivity index (χ2n) is 5.08. The number of hydroxylamine groups is 3. The first kappa shape index (κ1) is 17.9. The summed E-state index contributed by atoms with van der Waals surface area (Å²) in [7, 11) is 0. The van der Waals surface area contributed by atoms with Crippen molar-refractivity contribution in [1.29, 1.82) is 0 Å². The van der Waals surface area contributed by atoms with E-state index in [9.17, 15) is 19.2 Å². The van der Waals surface area contributed by atoms with Gasteiger partial charge in [0.15, 0.2) is 0 Å². The minimum Gasteiger partial charge on any atom is -0.423 e. The number of imide groups is 1. The highest BCUT2D eigenvalue weighted by Crippen LogP contribution is 2.18. The summed E-state index contributed by atoms with van der Waals surface area (Å²) in [5.41, 5.74) is 8.40. The van der Waals surface area contributed by atoms with Gasteiger partial charge in [-0.2, -0.15) is 0 Å². The molecule has 4 N–H and O–H groups in total. The molecule has 0 spiro atoms. The maximum atomic E-state index is 11.0. The first-order valence-corrected chi connectivity index (χ1v) is 7.09. The van der Waals surface area contributed by atoms with Gasteiger partial charge in [0.25, 0.3) is 11.8 Å². The van der Waals surface area contributed by atoms with Gasteiger partial charge in [0.2, 0.25) is 0 Å². The molecule has 132 valence electrons. The number of carbonyl (C=O) groups excluding carboxylic acids is 3. The zero-order chi connectivity index (χ0) is 18.6. The molecule has 1 fully saturated rings. The summed E-state index contributed by atoms with van der Waals surface area (Å²) in [4.78, 5) is 47.0. The van der Waals surface area contributed by atoms with E-state index >= 15 is 0 Å². The fourth-order valence-corrected chi connectivity index (χ4v) is 2.10. The number of aryl methyl sites for hydroxylation is 1. The number of benzene rings is 1. The third-order valence-electron chi connectivity index (χ3n) is 3.25. The molecule has 0 atom stereocenters. The van der Waals surface area contributed by atoms with E-state index in [1.54, 1.807) is 12.1 Å². The Bertz CT molecular complexity index is 874. The van der Waals surface area contributed by atoms with Crippen molar-refractivity contribution in [3.63, 3.8) is 0 Å². The van der Waals surface area contributed by atoms with Crippen molar-refractivity contribution in [2.45, 2.75) is 19.8 Å². The molecule has 0 aliphatic carbocycles. The number of nitrogens with two attached hydrogens (primary N) is 1. The Labute approximate surface area is 140 Å². The lowest BCUT2D eigenvalue weighted by Crippen LogP contribution is -2.35. The highest BCUT2D eigenvalue weighted by Gasteiger charge is 2.32. The minimum atomic E-state index is -1.27. The molecular formula is C15H15N3O7. The van der Waals surface area contributed by atoms with Crippen LogP contribution in [0.15, 0.2) is 33.5 Å². The molecule has 10 nitrogen and oxygen atoms in total. The fourth-order valence-electron chi connectivity index (χ4n) is 2.10. The number of hydrogen-bond donors (Lipinski definition) is 3. The molecule has 0 unspecified atom stereocenters. The number of nitrogen functional groups attached to an aromatic ring is 1. The van der Waals surface area contributed by atoms with Gasteiger partial charge in [-0.05, 0) is 24.6 Å². The smallest absolute Gasteiger partial charge is 0.423 e. The second-order valence-corrected chi connectivity index (χ2v) is 5.08. The van der Waals surface area contributed by atoms with Crippen molar-refractivity contribution < 1.29 is 28.8 Å².